The van der Waals surface area contributed by atoms with E-state index in [1.165, 1.54) is 0 Å². The fourth-order valence-corrected chi connectivity index (χ4v) is 2.63. The van der Waals surface area contributed by atoms with Crippen LogP contribution in [0.2, 0.25) is 0 Å². The highest BCUT2D eigenvalue weighted by Gasteiger charge is 2.26. The Labute approximate surface area is 122 Å². The van der Waals surface area contributed by atoms with Crippen molar-refractivity contribution in [3.63, 3.8) is 0 Å². The average Bonchev–Trinajstić information content (AvgIpc) is 2.40. The molecule has 2 rings (SSSR count). The highest BCUT2D eigenvalue weighted by Crippen LogP contribution is 2.25. The maximum atomic E-state index is 12.3. The zero-order chi connectivity index (χ0) is 13.8. The minimum atomic E-state index is -0.496. The number of hydrogen-bond donors (Lipinski definition) is 1. The van der Waals surface area contributed by atoms with Crippen LogP contribution in [0.1, 0.15) is 19.8 Å². The smallest absolute Gasteiger partial charge is 0.263 e. The Morgan fingerprint density at radius 2 is 2.26 bits per heavy atom. The van der Waals surface area contributed by atoms with Crippen molar-refractivity contribution < 1.29 is 9.53 Å². The fraction of sp³-hybridized carbons (Fsp3) is 0.500. The number of carbonyl (C=O) groups excluding carboxylic acids is 1. The van der Waals surface area contributed by atoms with E-state index < -0.39 is 6.10 Å². The van der Waals surface area contributed by atoms with Gasteiger partial charge in [-0.3, -0.25) is 4.79 Å². The summed E-state index contributed by atoms with van der Waals surface area (Å²) in [6.07, 6.45) is 1.46. The van der Waals surface area contributed by atoms with Crippen LogP contribution in [-0.4, -0.2) is 36.0 Å². The van der Waals surface area contributed by atoms with Crippen LogP contribution < -0.4 is 10.5 Å². The van der Waals surface area contributed by atoms with Crippen molar-refractivity contribution in [1.29, 1.82) is 0 Å². The fourth-order valence-electron chi connectivity index (χ4n) is 2.25. The first-order chi connectivity index (χ1) is 9.08. The molecule has 19 heavy (non-hydrogen) atoms. The van der Waals surface area contributed by atoms with E-state index in [0.717, 1.165) is 23.9 Å². The van der Waals surface area contributed by atoms with Crippen LogP contribution >= 0.6 is 15.9 Å². The molecule has 1 aliphatic rings. The molecule has 2 N–H and O–H groups in total. The van der Waals surface area contributed by atoms with Crippen LogP contribution in [0.5, 0.6) is 5.75 Å². The van der Waals surface area contributed by atoms with Crippen molar-refractivity contribution in [2.45, 2.75) is 31.9 Å². The number of amides is 1. The number of para-hydroxylation sites is 1. The van der Waals surface area contributed by atoms with E-state index in [9.17, 15) is 4.79 Å². The molecular weight excluding hydrogens is 308 g/mol. The van der Waals surface area contributed by atoms with E-state index in [0.29, 0.717) is 12.3 Å². The van der Waals surface area contributed by atoms with Crippen molar-refractivity contribution in [3.8, 4) is 5.75 Å². The van der Waals surface area contributed by atoms with E-state index in [4.69, 9.17) is 10.5 Å². The predicted octanol–water partition coefficient (Wildman–Crippen LogP) is 2.17. The van der Waals surface area contributed by atoms with E-state index in [1.54, 1.807) is 11.8 Å². The lowest BCUT2D eigenvalue weighted by Crippen LogP contribution is -2.49. The number of hydrogen-bond acceptors (Lipinski definition) is 3. The SMILES string of the molecule is C[C@@H](Oc1ccccc1Br)C(=O)N1CCC[C@@H](N)C1. The molecule has 1 fully saturated rings. The number of likely N-dealkylation sites (tertiary alicyclic amines) is 1. The van der Waals surface area contributed by atoms with Gasteiger partial charge in [0, 0.05) is 19.1 Å². The summed E-state index contributed by atoms with van der Waals surface area (Å²) >= 11 is 3.41. The quantitative estimate of drug-likeness (QED) is 0.926. The van der Waals surface area contributed by atoms with Gasteiger partial charge in [0.25, 0.3) is 5.91 Å². The second-order valence-electron chi connectivity index (χ2n) is 4.88. The molecule has 1 aromatic carbocycles. The zero-order valence-electron chi connectivity index (χ0n) is 11.0. The Morgan fingerprint density at radius 1 is 1.53 bits per heavy atom. The molecule has 0 spiro atoms. The molecule has 5 heteroatoms. The summed E-state index contributed by atoms with van der Waals surface area (Å²) in [5.74, 6) is 0.690. The number of nitrogens with two attached hydrogens (primary N) is 1. The molecule has 1 aromatic rings. The van der Waals surface area contributed by atoms with Gasteiger partial charge in [-0.15, -0.1) is 0 Å². The Kier molecular flexibility index (Phi) is 4.82. The Balaban J connectivity index is 1.97. The van der Waals surface area contributed by atoms with Gasteiger partial charge in [-0.05, 0) is 47.8 Å². The number of nitrogens with zero attached hydrogens (tertiary/aromatic N) is 1. The lowest BCUT2D eigenvalue weighted by atomic mass is 10.1. The maximum absolute atomic E-state index is 12.3. The summed E-state index contributed by atoms with van der Waals surface area (Å²) in [5.41, 5.74) is 5.90. The lowest BCUT2D eigenvalue weighted by Gasteiger charge is -2.32. The Hall–Kier alpha value is -1.07. The van der Waals surface area contributed by atoms with Gasteiger partial charge in [0.1, 0.15) is 5.75 Å². The first-order valence-electron chi connectivity index (χ1n) is 6.53. The number of ether oxygens (including phenoxy) is 1. The zero-order valence-corrected chi connectivity index (χ0v) is 12.6. The third-order valence-corrected chi connectivity index (χ3v) is 3.91. The molecule has 4 nitrogen and oxygen atoms in total. The average molecular weight is 327 g/mol. The van der Waals surface area contributed by atoms with E-state index in [-0.39, 0.29) is 11.9 Å². The van der Waals surface area contributed by atoms with Crippen LogP contribution in [-0.2, 0) is 4.79 Å². The van der Waals surface area contributed by atoms with Crippen molar-refractivity contribution >= 4 is 21.8 Å². The highest BCUT2D eigenvalue weighted by molar-refractivity contribution is 9.10. The molecule has 0 unspecified atom stereocenters. The molecule has 1 aliphatic heterocycles. The summed E-state index contributed by atoms with van der Waals surface area (Å²) in [6.45, 7) is 3.18. The topological polar surface area (TPSA) is 55.6 Å². The molecule has 0 bridgehead atoms. The molecule has 104 valence electrons. The predicted molar refractivity (Wildman–Crippen MR) is 78.0 cm³/mol. The molecule has 1 amide bonds. The van der Waals surface area contributed by atoms with Gasteiger partial charge < -0.3 is 15.4 Å². The summed E-state index contributed by atoms with van der Waals surface area (Å²) in [7, 11) is 0. The summed E-state index contributed by atoms with van der Waals surface area (Å²) in [6, 6.07) is 7.62. The van der Waals surface area contributed by atoms with Gasteiger partial charge >= 0.3 is 0 Å². The maximum Gasteiger partial charge on any atom is 0.263 e. The standard InChI is InChI=1S/C14H19BrN2O2/c1-10(19-13-7-3-2-6-12(13)15)14(18)17-8-4-5-11(16)9-17/h2-3,6-7,10-11H,4-5,8-9,16H2,1H3/t10-,11-/m1/s1. The van der Waals surface area contributed by atoms with Gasteiger partial charge in [-0.25, -0.2) is 0 Å². The van der Waals surface area contributed by atoms with Crippen molar-refractivity contribution in [3.05, 3.63) is 28.7 Å². The van der Waals surface area contributed by atoms with Gasteiger partial charge in [0.15, 0.2) is 6.10 Å². The molecule has 0 aliphatic carbocycles. The van der Waals surface area contributed by atoms with Crippen LogP contribution in [0, 0.1) is 0 Å². The first-order valence-corrected chi connectivity index (χ1v) is 7.33. The van der Waals surface area contributed by atoms with Crippen molar-refractivity contribution in [2.24, 2.45) is 5.73 Å². The van der Waals surface area contributed by atoms with E-state index in [1.807, 2.05) is 24.3 Å². The Bertz CT molecular complexity index is 453. The van der Waals surface area contributed by atoms with E-state index in [2.05, 4.69) is 15.9 Å². The lowest BCUT2D eigenvalue weighted by molar-refractivity contribution is -0.139. The second-order valence-corrected chi connectivity index (χ2v) is 5.73. The second kappa shape index (κ2) is 6.39. The third-order valence-electron chi connectivity index (χ3n) is 3.26. The van der Waals surface area contributed by atoms with Gasteiger partial charge in [-0.2, -0.15) is 0 Å². The molecular formula is C14H19BrN2O2. The third kappa shape index (κ3) is 3.70. The van der Waals surface area contributed by atoms with Crippen molar-refractivity contribution in [2.75, 3.05) is 13.1 Å². The molecule has 0 aromatic heterocycles. The largest absolute Gasteiger partial charge is 0.480 e. The normalized spacial score (nSPS) is 21.0. The van der Waals surface area contributed by atoms with Gasteiger partial charge in [0.2, 0.25) is 0 Å². The molecule has 0 saturated carbocycles. The number of benzene rings is 1. The van der Waals surface area contributed by atoms with E-state index >= 15 is 0 Å². The molecule has 0 radical (unpaired) electrons. The monoisotopic (exact) mass is 326 g/mol. The summed E-state index contributed by atoms with van der Waals surface area (Å²) in [4.78, 5) is 14.1. The molecule has 1 saturated heterocycles. The van der Waals surface area contributed by atoms with Gasteiger partial charge in [0.05, 0.1) is 4.47 Å². The number of piperidine rings is 1. The highest BCUT2D eigenvalue weighted by atomic mass is 79.9. The molecule has 1 heterocycles. The molecule has 2 atom stereocenters. The van der Waals surface area contributed by atoms with Gasteiger partial charge in [-0.1, -0.05) is 12.1 Å². The number of carbonyl (C=O) groups is 1. The van der Waals surface area contributed by atoms with Crippen LogP contribution in [0.25, 0.3) is 0 Å². The number of halogens is 1. The summed E-state index contributed by atoms with van der Waals surface area (Å²) in [5, 5.41) is 0. The van der Waals surface area contributed by atoms with Crippen LogP contribution in [0.3, 0.4) is 0 Å². The first kappa shape index (κ1) is 14.3. The minimum Gasteiger partial charge on any atom is -0.480 e. The van der Waals surface area contributed by atoms with Crippen LogP contribution in [0.15, 0.2) is 28.7 Å². The Morgan fingerprint density at radius 3 is 2.95 bits per heavy atom. The van der Waals surface area contributed by atoms with Crippen LogP contribution in [0.4, 0.5) is 0 Å². The van der Waals surface area contributed by atoms with Crippen molar-refractivity contribution in [1.82, 2.24) is 4.90 Å². The summed E-state index contributed by atoms with van der Waals surface area (Å²) < 4.78 is 6.57. The minimum absolute atomic E-state index is 0.00547. The number of rotatable bonds is 3.